The minimum Gasteiger partial charge on any atom is -0.386 e. The maximum absolute atomic E-state index is 5.19. The van der Waals surface area contributed by atoms with Gasteiger partial charge in [0.05, 0.1) is 0 Å². The molecule has 0 N–H and O–H groups in total. The van der Waals surface area contributed by atoms with E-state index in [-0.39, 0.29) is 0 Å². The highest BCUT2D eigenvalue weighted by Crippen LogP contribution is 2.07. The van der Waals surface area contributed by atoms with Crippen molar-refractivity contribution in [1.82, 2.24) is 0 Å². The van der Waals surface area contributed by atoms with E-state index in [0.29, 0.717) is 5.76 Å². The van der Waals surface area contributed by atoms with Crippen LogP contribution in [0.2, 0.25) is 0 Å². The fraction of sp³-hybridized carbons (Fsp3) is 0.600. The standard InChI is InChI=1S/C10H17ClO/c1-4-10(12-11)8-6-5-7-9(2)3/h4,6,8-9H,5,7H2,1-3H3/b8-6-,10-4+. The molecule has 70 valence electrons. The van der Waals surface area contributed by atoms with Crippen LogP contribution in [0.25, 0.3) is 0 Å². The largest absolute Gasteiger partial charge is 0.386 e. The zero-order valence-corrected chi connectivity index (χ0v) is 8.77. The first kappa shape index (κ1) is 11.6. The quantitative estimate of drug-likeness (QED) is 0.467. The summed E-state index contributed by atoms with van der Waals surface area (Å²) in [5, 5.41) is 0. The van der Waals surface area contributed by atoms with Crippen molar-refractivity contribution in [2.75, 3.05) is 0 Å². The monoisotopic (exact) mass is 188 g/mol. The Labute approximate surface area is 80.2 Å². The zero-order chi connectivity index (χ0) is 9.40. The molecule has 0 amide bonds. The number of hydrogen-bond acceptors (Lipinski definition) is 1. The van der Waals surface area contributed by atoms with E-state index >= 15 is 0 Å². The maximum Gasteiger partial charge on any atom is 0.141 e. The van der Waals surface area contributed by atoms with Crippen molar-refractivity contribution in [3.05, 3.63) is 24.0 Å². The van der Waals surface area contributed by atoms with E-state index in [1.807, 2.05) is 19.1 Å². The molecule has 0 aliphatic carbocycles. The summed E-state index contributed by atoms with van der Waals surface area (Å²) in [6.07, 6.45) is 8.09. The van der Waals surface area contributed by atoms with Crippen molar-refractivity contribution < 1.29 is 4.29 Å². The van der Waals surface area contributed by atoms with Crippen molar-refractivity contribution in [2.24, 2.45) is 5.92 Å². The molecule has 0 spiro atoms. The third-order valence-corrected chi connectivity index (χ3v) is 1.74. The molecule has 0 saturated carbocycles. The molecule has 0 atom stereocenters. The van der Waals surface area contributed by atoms with Crippen LogP contribution in [0, 0.1) is 5.92 Å². The lowest BCUT2D eigenvalue weighted by Gasteiger charge is -1.99. The highest BCUT2D eigenvalue weighted by Gasteiger charge is 1.91. The van der Waals surface area contributed by atoms with Crippen LogP contribution >= 0.6 is 11.9 Å². The maximum atomic E-state index is 5.19. The van der Waals surface area contributed by atoms with E-state index in [1.54, 1.807) is 0 Å². The smallest absolute Gasteiger partial charge is 0.141 e. The highest BCUT2D eigenvalue weighted by atomic mass is 35.5. The summed E-state index contributed by atoms with van der Waals surface area (Å²) in [6, 6.07) is 0. The van der Waals surface area contributed by atoms with E-state index in [1.165, 1.54) is 6.42 Å². The molecule has 0 fully saturated rings. The zero-order valence-electron chi connectivity index (χ0n) is 8.01. The first-order chi connectivity index (χ1) is 5.70. The summed E-state index contributed by atoms with van der Waals surface area (Å²) in [6.45, 7) is 6.31. The Morgan fingerprint density at radius 3 is 2.58 bits per heavy atom. The molecular formula is C10H17ClO. The van der Waals surface area contributed by atoms with E-state index in [0.717, 1.165) is 12.3 Å². The number of hydrogen-bond donors (Lipinski definition) is 0. The molecule has 12 heavy (non-hydrogen) atoms. The molecule has 0 aromatic heterocycles. The Hall–Kier alpha value is -0.430. The number of halogens is 1. The normalized spacial score (nSPS) is 12.9. The molecule has 0 aliphatic heterocycles. The van der Waals surface area contributed by atoms with Gasteiger partial charge in [-0.2, -0.15) is 0 Å². The van der Waals surface area contributed by atoms with Gasteiger partial charge in [-0.15, -0.1) is 0 Å². The summed E-state index contributed by atoms with van der Waals surface area (Å²) in [5.74, 6) is 1.46. The summed E-state index contributed by atoms with van der Waals surface area (Å²) >= 11 is 5.19. The Morgan fingerprint density at radius 2 is 2.17 bits per heavy atom. The number of rotatable bonds is 5. The van der Waals surface area contributed by atoms with Gasteiger partial charge in [0.15, 0.2) is 0 Å². The molecule has 0 unspecified atom stereocenters. The van der Waals surface area contributed by atoms with Gasteiger partial charge in [-0.1, -0.05) is 19.9 Å². The van der Waals surface area contributed by atoms with Crippen molar-refractivity contribution >= 4 is 11.9 Å². The van der Waals surface area contributed by atoms with Crippen LogP contribution < -0.4 is 0 Å². The summed E-state index contributed by atoms with van der Waals surface area (Å²) in [4.78, 5) is 0. The average molecular weight is 189 g/mol. The van der Waals surface area contributed by atoms with E-state index in [2.05, 4.69) is 24.2 Å². The second-order valence-corrected chi connectivity index (χ2v) is 3.30. The van der Waals surface area contributed by atoms with E-state index in [4.69, 9.17) is 11.9 Å². The Bertz CT molecular complexity index is 159. The van der Waals surface area contributed by atoms with Crippen molar-refractivity contribution in [2.45, 2.75) is 33.6 Å². The van der Waals surface area contributed by atoms with Crippen molar-refractivity contribution in [1.29, 1.82) is 0 Å². The fourth-order valence-corrected chi connectivity index (χ4v) is 0.936. The molecule has 2 heteroatoms. The second kappa shape index (κ2) is 7.23. The SMILES string of the molecule is C/C=C(\C=C/CCC(C)C)OCl. The first-order valence-corrected chi connectivity index (χ1v) is 4.63. The molecule has 0 heterocycles. The van der Waals surface area contributed by atoms with Crippen LogP contribution in [0.3, 0.4) is 0 Å². The molecular weight excluding hydrogens is 172 g/mol. The van der Waals surface area contributed by atoms with Gasteiger partial charge < -0.3 is 4.29 Å². The minimum absolute atomic E-state index is 0.709. The third-order valence-electron chi connectivity index (χ3n) is 1.57. The molecule has 0 bridgehead atoms. The third kappa shape index (κ3) is 6.29. The van der Waals surface area contributed by atoms with Gasteiger partial charge in [0.25, 0.3) is 0 Å². The van der Waals surface area contributed by atoms with Crippen LogP contribution in [0.4, 0.5) is 0 Å². The van der Waals surface area contributed by atoms with Gasteiger partial charge >= 0.3 is 0 Å². The fourth-order valence-electron chi connectivity index (χ4n) is 0.796. The Balaban J connectivity index is 3.61. The van der Waals surface area contributed by atoms with Crippen LogP contribution in [0.1, 0.15) is 33.6 Å². The van der Waals surface area contributed by atoms with Crippen LogP contribution in [0.5, 0.6) is 0 Å². The minimum atomic E-state index is 0.709. The lowest BCUT2D eigenvalue weighted by molar-refractivity contribution is 0.493. The van der Waals surface area contributed by atoms with Gasteiger partial charge in [-0.25, -0.2) is 0 Å². The van der Waals surface area contributed by atoms with Crippen molar-refractivity contribution in [3.63, 3.8) is 0 Å². The van der Waals surface area contributed by atoms with Gasteiger partial charge in [0.2, 0.25) is 0 Å². The van der Waals surface area contributed by atoms with Crippen LogP contribution in [0.15, 0.2) is 24.0 Å². The first-order valence-electron chi connectivity index (χ1n) is 4.32. The predicted octanol–water partition coefficient (Wildman–Crippen LogP) is 4.05. The summed E-state index contributed by atoms with van der Waals surface area (Å²) in [5.41, 5.74) is 0. The highest BCUT2D eigenvalue weighted by molar-refractivity contribution is 6.08. The number of allylic oxidation sites excluding steroid dienone is 3. The topological polar surface area (TPSA) is 9.23 Å². The molecule has 0 aliphatic rings. The van der Waals surface area contributed by atoms with Crippen LogP contribution in [-0.4, -0.2) is 0 Å². The van der Waals surface area contributed by atoms with Gasteiger partial charge in [0, 0.05) is 0 Å². The molecule has 0 radical (unpaired) electrons. The Kier molecular flexibility index (Phi) is 6.97. The van der Waals surface area contributed by atoms with E-state index < -0.39 is 0 Å². The van der Waals surface area contributed by atoms with Gasteiger partial charge in [-0.05, 0) is 37.8 Å². The van der Waals surface area contributed by atoms with Crippen LogP contribution in [-0.2, 0) is 4.29 Å². The molecule has 0 rings (SSSR count). The van der Waals surface area contributed by atoms with Gasteiger partial charge in [0.1, 0.15) is 17.6 Å². The average Bonchev–Trinajstić information content (AvgIpc) is 2.04. The lowest BCUT2D eigenvalue weighted by atomic mass is 10.1. The van der Waals surface area contributed by atoms with Crippen molar-refractivity contribution in [3.8, 4) is 0 Å². The summed E-state index contributed by atoms with van der Waals surface area (Å²) < 4.78 is 4.55. The van der Waals surface area contributed by atoms with E-state index in [9.17, 15) is 0 Å². The molecule has 0 aromatic carbocycles. The molecule has 0 aromatic rings. The Morgan fingerprint density at radius 1 is 1.50 bits per heavy atom. The molecule has 0 saturated heterocycles. The predicted molar refractivity (Wildman–Crippen MR) is 53.9 cm³/mol. The lowest BCUT2D eigenvalue weighted by Crippen LogP contribution is -1.84. The summed E-state index contributed by atoms with van der Waals surface area (Å²) in [7, 11) is 0. The van der Waals surface area contributed by atoms with Gasteiger partial charge in [-0.3, -0.25) is 0 Å². The second-order valence-electron chi connectivity index (χ2n) is 3.14. The molecule has 1 nitrogen and oxygen atoms in total.